The molecule has 2 heterocycles. The molecule has 2 rings (SSSR count). The zero-order valence-electron chi connectivity index (χ0n) is 6.77. The summed E-state index contributed by atoms with van der Waals surface area (Å²) in [6, 6.07) is 0. The largest absolute Gasteiger partial charge is 0.474 e. The van der Waals surface area contributed by atoms with Gasteiger partial charge in [0, 0.05) is 11.7 Å². The summed E-state index contributed by atoms with van der Waals surface area (Å²) in [6.45, 7) is 0. The Kier molecular flexibility index (Phi) is 2.22. The predicted octanol–water partition coefficient (Wildman–Crippen LogP) is 0.988. The van der Waals surface area contributed by atoms with Crippen LogP contribution in [0.1, 0.15) is 28.8 Å². The van der Waals surface area contributed by atoms with Gasteiger partial charge in [0.05, 0.1) is 0 Å². The smallest absolute Gasteiger partial charge is 0.394 e. The second kappa shape index (κ2) is 3.37. The molecule has 1 aromatic rings. The van der Waals surface area contributed by atoms with E-state index in [1.165, 1.54) is 0 Å². The Balaban J connectivity index is 2.16. The van der Waals surface area contributed by atoms with Gasteiger partial charge in [-0.25, -0.2) is 4.79 Å². The lowest BCUT2D eigenvalue weighted by molar-refractivity contribution is 0.0643. The third-order valence-electron chi connectivity index (χ3n) is 1.92. The van der Waals surface area contributed by atoms with Crippen molar-refractivity contribution in [3.63, 3.8) is 0 Å². The zero-order valence-corrected chi connectivity index (χ0v) is 7.58. The van der Waals surface area contributed by atoms with Crippen molar-refractivity contribution < 1.29 is 14.4 Å². The number of carbonyl (C=O) groups is 1. The van der Waals surface area contributed by atoms with Crippen molar-refractivity contribution >= 4 is 17.7 Å². The minimum Gasteiger partial charge on any atom is -0.474 e. The Morgan fingerprint density at radius 2 is 2.54 bits per heavy atom. The molecule has 0 amide bonds. The van der Waals surface area contributed by atoms with E-state index in [-0.39, 0.29) is 11.8 Å². The Morgan fingerprint density at radius 1 is 1.69 bits per heavy atom. The molecule has 1 aliphatic rings. The van der Waals surface area contributed by atoms with Crippen molar-refractivity contribution in [3.8, 4) is 0 Å². The number of nitrogens with zero attached hydrogens (tertiary/aromatic N) is 2. The number of thioether (sulfide) groups is 1. The van der Waals surface area contributed by atoms with E-state index in [0.29, 0.717) is 5.82 Å². The van der Waals surface area contributed by atoms with Crippen molar-refractivity contribution in [2.24, 2.45) is 0 Å². The molecule has 1 saturated heterocycles. The highest BCUT2D eigenvalue weighted by Crippen LogP contribution is 2.30. The molecule has 0 saturated carbocycles. The van der Waals surface area contributed by atoms with Crippen LogP contribution >= 0.6 is 11.8 Å². The number of carboxylic acids is 1. The number of carboxylic acid groups (broad SMARTS) is 1. The molecule has 6 heteroatoms. The second-order valence-electron chi connectivity index (χ2n) is 2.82. The Hall–Kier alpha value is -1.04. The number of rotatable bonds is 2. The Labute approximate surface area is 78.5 Å². The van der Waals surface area contributed by atoms with Crippen LogP contribution in [0.5, 0.6) is 0 Å². The van der Waals surface area contributed by atoms with Gasteiger partial charge in [-0.3, -0.25) is 0 Å². The van der Waals surface area contributed by atoms with Gasteiger partial charge < -0.3 is 9.63 Å². The fraction of sp³-hybridized carbons (Fsp3) is 0.571. The lowest BCUT2D eigenvalue weighted by Gasteiger charge is -1.97. The van der Waals surface area contributed by atoms with Crippen LogP contribution in [0.3, 0.4) is 0 Å². The van der Waals surface area contributed by atoms with Gasteiger partial charge in [-0.05, 0) is 12.2 Å². The Bertz CT molecular complexity index is 319. The topological polar surface area (TPSA) is 76.2 Å². The van der Waals surface area contributed by atoms with Gasteiger partial charge in [-0.15, -0.1) is 0 Å². The molecular weight excluding hydrogens is 192 g/mol. The first kappa shape index (κ1) is 8.55. The molecule has 0 radical (unpaired) electrons. The normalized spacial score (nSPS) is 22.0. The van der Waals surface area contributed by atoms with E-state index >= 15 is 0 Å². The molecule has 1 aromatic heterocycles. The van der Waals surface area contributed by atoms with Crippen LogP contribution in [0.2, 0.25) is 0 Å². The van der Waals surface area contributed by atoms with E-state index in [0.717, 1.165) is 17.9 Å². The van der Waals surface area contributed by atoms with Gasteiger partial charge >= 0.3 is 11.9 Å². The van der Waals surface area contributed by atoms with Crippen LogP contribution in [-0.2, 0) is 0 Å². The van der Waals surface area contributed by atoms with Gasteiger partial charge in [0.1, 0.15) is 0 Å². The molecule has 70 valence electrons. The highest BCUT2D eigenvalue weighted by atomic mass is 32.2. The molecule has 13 heavy (non-hydrogen) atoms. The van der Waals surface area contributed by atoms with Crippen molar-refractivity contribution in [3.05, 3.63) is 11.7 Å². The first-order valence-corrected chi connectivity index (χ1v) is 5.07. The van der Waals surface area contributed by atoms with Crippen LogP contribution < -0.4 is 0 Å². The van der Waals surface area contributed by atoms with E-state index < -0.39 is 5.97 Å². The first-order valence-electron chi connectivity index (χ1n) is 3.92. The quantitative estimate of drug-likeness (QED) is 0.767. The number of hydrogen-bond acceptors (Lipinski definition) is 5. The fourth-order valence-corrected chi connectivity index (χ4v) is 2.44. The molecule has 0 spiro atoms. The maximum Gasteiger partial charge on any atom is 0.394 e. The van der Waals surface area contributed by atoms with Crippen molar-refractivity contribution in [1.29, 1.82) is 0 Å². The second-order valence-corrected chi connectivity index (χ2v) is 3.97. The van der Waals surface area contributed by atoms with Gasteiger partial charge in [0.2, 0.25) is 0 Å². The summed E-state index contributed by atoms with van der Waals surface area (Å²) in [6.07, 6.45) is 1.00. The van der Waals surface area contributed by atoms with Crippen LogP contribution in [0, 0.1) is 0 Å². The van der Waals surface area contributed by atoms with E-state index in [4.69, 9.17) is 5.11 Å². The summed E-state index contributed by atoms with van der Waals surface area (Å²) in [5, 5.41) is 12.2. The van der Waals surface area contributed by atoms with Crippen LogP contribution in [0.4, 0.5) is 0 Å². The standard InChI is InChI=1S/C7H8N2O3S/c10-7(11)6-8-5(9-12-6)4-1-2-13-3-4/h4H,1-3H2,(H,10,11). The van der Waals surface area contributed by atoms with Gasteiger partial charge in [-0.2, -0.15) is 16.7 Å². The summed E-state index contributed by atoms with van der Waals surface area (Å²) in [5.41, 5.74) is 0. The molecule has 0 bridgehead atoms. The van der Waals surface area contributed by atoms with Crippen LogP contribution in [0.25, 0.3) is 0 Å². The predicted molar refractivity (Wildman–Crippen MR) is 45.9 cm³/mol. The molecule has 1 atom stereocenters. The fourth-order valence-electron chi connectivity index (χ4n) is 1.23. The van der Waals surface area contributed by atoms with E-state index in [9.17, 15) is 4.79 Å². The summed E-state index contributed by atoms with van der Waals surface area (Å²) in [5.74, 6) is 1.36. The van der Waals surface area contributed by atoms with Gasteiger partial charge in [0.25, 0.3) is 0 Å². The van der Waals surface area contributed by atoms with Gasteiger partial charge in [0.15, 0.2) is 5.82 Å². The van der Waals surface area contributed by atoms with Gasteiger partial charge in [-0.1, -0.05) is 5.16 Å². The first-order chi connectivity index (χ1) is 6.27. The number of aromatic carboxylic acids is 1. The number of aromatic nitrogens is 2. The third-order valence-corrected chi connectivity index (χ3v) is 3.08. The van der Waals surface area contributed by atoms with Crippen LogP contribution in [-0.4, -0.2) is 32.7 Å². The highest BCUT2D eigenvalue weighted by Gasteiger charge is 2.24. The maximum atomic E-state index is 10.4. The minimum atomic E-state index is -1.16. The molecule has 5 nitrogen and oxygen atoms in total. The molecule has 1 fully saturated rings. The van der Waals surface area contributed by atoms with E-state index in [1.54, 1.807) is 0 Å². The molecule has 1 aliphatic heterocycles. The average Bonchev–Trinajstić information content (AvgIpc) is 2.75. The van der Waals surface area contributed by atoms with Crippen molar-refractivity contribution in [2.75, 3.05) is 11.5 Å². The van der Waals surface area contributed by atoms with E-state index in [2.05, 4.69) is 14.7 Å². The molecule has 1 unspecified atom stereocenters. The SMILES string of the molecule is O=C(O)c1nc(C2CCSC2)no1. The molecular formula is C7H8N2O3S. The monoisotopic (exact) mass is 200 g/mol. The van der Waals surface area contributed by atoms with Crippen LogP contribution in [0.15, 0.2) is 4.52 Å². The zero-order chi connectivity index (χ0) is 9.26. The number of hydrogen-bond donors (Lipinski definition) is 1. The lowest BCUT2D eigenvalue weighted by atomic mass is 10.1. The van der Waals surface area contributed by atoms with E-state index in [1.807, 2.05) is 11.8 Å². The highest BCUT2D eigenvalue weighted by molar-refractivity contribution is 7.99. The average molecular weight is 200 g/mol. The van der Waals surface area contributed by atoms with Crippen molar-refractivity contribution in [2.45, 2.75) is 12.3 Å². The summed E-state index contributed by atoms with van der Waals surface area (Å²) in [4.78, 5) is 14.2. The molecule has 0 aliphatic carbocycles. The lowest BCUT2D eigenvalue weighted by Crippen LogP contribution is -2.01. The Morgan fingerprint density at radius 3 is 3.08 bits per heavy atom. The summed E-state index contributed by atoms with van der Waals surface area (Å²) in [7, 11) is 0. The summed E-state index contributed by atoms with van der Waals surface area (Å²) >= 11 is 1.83. The molecule has 0 aromatic carbocycles. The summed E-state index contributed by atoms with van der Waals surface area (Å²) < 4.78 is 4.57. The molecule has 1 N–H and O–H groups in total. The third kappa shape index (κ3) is 1.67. The maximum absolute atomic E-state index is 10.4. The minimum absolute atomic E-state index is 0.266. The van der Waals surface area contributed by atoms with Crippen molar-refractivity contribution in [1.82, 2.24) is 10.1 Å².